The molecule has 2 rings (SSSR count). The molecule has 4 nitrogen and oxygen atoms in total. The van der Waals surface area contributed by atoms with E-state index in [0.717, 1.165) is 31.0 Å². The van der Waals surface area contributed by atoms with Crippen LogP contribution in [0.1, 0.15) is 17.5 Å². The Morgan fingerprint density at radius 3 is 3.00 bits per heavy atom. The monoisotopic (exact) mass is 379 g/mol. The molecule has 1 aromatic carbocycles. The standard InChI is InChI=1S/C13H18FN3O.HI/c1-18-9-11-7-10(3-4-12(11)14)8-17-13-15-5-2-6-16-13;/h3-4,7H,2,5-6,8-9H2,1H3,(H2,15,16,17);1H. The van der Waals surface area contributed by atoms with Crippen LogP contribution in [0.3, 0.4) is 0 Å². The van der Waals surface area contributed by atoms with Gasteiger partial charge in [0, 0.05) is 32.3 Å². The molecule has 1 heterocycles. The highest BCUT2D eigenvalue weighted by Crippen LogP contribution is 2.11. The number of ether oxygens (including phenoxy) is 1. The van der Waals surface area contributed by atoms with Gasteiger partial charge in [0.15, 0.2) is 5.96 Å². The van der Waals surface area contributed by atoms with Crippen LogP contribution in [0.25, 0.3) is 0 Å². The number of hydrogen-bond donors (Lipinski definition) is 2. The van der Waals surface area contributed by atoms with Crippen molar-refractivity contribution in [1.29, 1.82) is 0 Å². The van der Waals surface area contributed by atoms with Crippen molar-refractivity contribution in [3.8, 4) is 0 Å². The fourth-order valence-electron chi connectivity index (χ4n) is 1.84. The van der Waals surface area contributed by atoms with E-state index in [9.17, 15) is 4.39 Å². The lowest BCUT2D eigenvalue weighted by Gasteiger charge is -2.16. The van der Waals surface area contributed by atoms with Crippen molar-refractivity contribution in [3.05, 3.63) is 35.1 Å². The van der Waals surface area contributed by atoms with E-state index < -0.39 is 0 Å². The molecular formula is C13H19FIN3O. The van der Waals surface area contributed by atoms with Crippen molar-refractivity contribution in [3.63, 3.8) is 0 Å². The van der Waals surface area contributed by atoms with Crippen LogP contribution < -0.4 is 10.6 Å². The second kappa shape index (κ2) is 8.31. The van der Waals surface area contributed by atoms with E-state index in [0.29, 0.717) is 18.7 Å². The average molecular weight is 379 g/mol. The van der Waals surface area contributed by atoms with Gasteiger partial charge in [0.2, 0.25) is 0 Å². The van der Waals surface area contributed by atoms with Crippen LogP contribution in [-0.4, -0.2) is 26.2 Å². The Morgan fingerprint density at radius 2 is 2.32 bits per heavy atom. The highest BCUT2D eigenvalue weighted by atomic mass is 127. The van der Waals surface area contributed by atoms with Gasteiger partial charge in [-0.2, -0.15) is 0 Å². The maximum atomic E-state index is 13.4. The summed E-state index contributed by atoms with van der Waals surface area (Å²) in [6.07, 6.45) is 1.07. The van der Waals surface area contributed by atoms with E-state index in [1.807, 2.05) is 6.07 Å². The van der Waals surface area contributed by atoms with Crippen LogP contribution in [0.5, 0.6) is 0 Å². The van der Waals surface area contributed by atoms with Crippen LogP contribution in [0.2, 0.25) is 0 Å². The summed E-state index contributed by atoms with van der Waals surface area (Å²) in [6, 6.07) is 5.06. The van der Waals surface area contributed by atoms with E-state index in [1.165, 1.54) is 6.07 Å². The molecule has 1 aliphatic heterocycles. The molecule has 1 aromatic rings. The zero-order valence-corrected chi connectivity index (χ0v) is 13.2. The first kappa shape index (κ1) is 16.2. The van der Waals surface area contributed by atoms with Gasteiger partial charge in [-0.05, 0) is 24.1 Å². The first-order valence-corrected chi connectivity index (χ1v) is 6.08. The van der Waals surface area contributed by atoms with Crippen LogP contribution in [0.4, 0.5) is 4.39 Å². The second-order valence-corrected chi connectivity index (χ2v) is 4.22. The van der Waals surface area contributed by atoms with E-state index in [1.54, 1.807) is 13.2 Å². The molecule has 19 heavy (non-hydrogen) atoms. The number of nitrogens with one attached hydrogen (secondary N) is 2. The molecule has 1 aliphatic rings. The number of benzene rings is 1. The third kappa shape index (κ3) is 4.94. The molecule has 0 saturated carbocycles. The third-order valence-electron chi connectivity index (χ3n) is 2.77. The first-order chi connectivity index (χ1) is 8.79. The predicted molar refractivity (Wildman–Crippen MR) is 84.3 cm³/mol. The van der Waals surface area contributed by atoms with Gasteiger partial charge in [-0.3, -0.25) is 4.99 Å². The van der Waals surface area contributed by atoms with Crippen LogP contribution >= 0.6 is 24.0 Å². The number of aliphatic imine (C=N–C) groups is 1. The second-order valence-electron chi connectivity index (χ2n) is 4.22. The quantitative estimate of drug-likeness (QED) is 0.788. The van der Waals surface area contributed by atoms with Gasteiger partial charge in [-0.15, -0.1) is 24.0 Å². The molecule has 0 bridgehead atoms. The van der Waals surface area contributed by atoms with Crippen molar-refractivity contribution < 1.29 is 9.13 Å². The van der Waals surface area contributed by atoms with Crippen LogP contribution in [0, 0.1) is 5.82 Å². The zero-order valence-electron chi connectivity index (χ0n) is 10.9. The first-order valence-electron chi connectivity index (χ1n) is 6.08. The molecule has 2 N–H and O–H groups in total. The van der Waals surface area contributed by atoms with Gasteiger partial charge >= 0.3 is 0 Å². The minimum absolute atomic E-state index is 0. The lowest BCUT2D eigenvalue weighted by Crippen LogP contribution is -2.40. The van der Waals surface area contributed by atoms with Crippen LogP contribution in [0.15, 0.2) is 23.2 Å². The summed E-state index contributed by atoms with van der Waals surface area (Å²) in [5.74, 6) is 0.590. The Kier molecular flexibility index (Phi) is 7.07. The fourth-order valence-corrected chi connectivity index (χ4v) is 1.84. The molecule has 0 saturated heterocycles. The molecule has 0 spiro atoms. The summed E-state index contributed by atoms with van der Waals surface area (Å²) in [6.45, 7) is 2.72. The minimum Gasteiger partial charge on any atom is -0.380 e. The zero-order chi connectivity index (χ0) is 12.8. The summed E-state index contributed by atoms with van der Waals surface area (Å²) < 4.78 is 18.4. The maximum Gasteiger partial charge on any atom is 0.191 e. The maximum absolute atomic E-state index is 13.4. The molecule has 6 heteroatoms. The van der Waals surface area contributed by atoms with E-state index >= 15 is 0 Å². The Labute approximate surface area is 129 Å². The summed E-state index contributed by atoms with van der Waals surface area (Å²) in [5, 5.41) is 6.38. The Morgan fingerprint density at radius 1 is 1.47 bits per heavy atom. The minimum atomic E-state index is -0.228. The number of hydrogen-bond acceptors (Lipinski definition) is 4. The molecule has 0 atom stereocenters. The van der Waals surface area contributed by atoms with Gasteiger partial charge in [0.25, 0.3) is 0 Å². The summed E-state index contributed by atoms with van der Waals surface area (Å²) >= 11 is 0. The van der Waals surface area contributed by atoms with Gasteiger partial charge in [0.1, 0.15) is 5.82 Å². The molecule has 0 fully saturated rings. The lowest BCUT2D eigenvalue weighted by atomic mass is 10.1. The van der Waals surface area contributed by atoms with Gasteiger partial charge in [-0.25, -0.2) is 4.39 Å². The van der Waals surface area contributed by atoms with Crippen molar-refractivity contribution in [2.45, 2.75) is 19.6 Å². The molecular weight excluding hydrogens is 360 g/mol. The molecule has 0 amide bonds. The molecule has 106 valence electrons. The summed E-state index contributed by atoms with van der Waals surface area (Å²) in [5.41, 5.74) is 1.59. The largest absolute Gasteiger partial charge is 0.380 e. The van der Waals surface area contributed by atoms with Crippen molar-refractivity contribution >= 4 is 29.9 Å². The highest BCUT2D eigenvalue weighted by Gasteiger charge is 2.06. The van der Waals surface area contributed by atoms with Crippen LogP contribution in [-0.2, 0) is 17.9 Å². The number of guanidine groups is 1. The van der Waals surface area contributed by atoms with Crippen molar-refractivity contribution in [2.24, 2.45) is 4.99 Å². The smallest absolute Gasteiger partial charge is 0.191 e. The highest BCUT2D eigenvalue weighted by molar-refractivity contribution is 14.0. The lowest BCUT2D eigenvalue weighted by molar-refractivity contribution is 0.181. The Hall–Kier alpha value is -0.890. The van der Waals surface area contributed by atoms with Gasteiger partial charge in [-0.1, -0.05) is 6.07 Å². The Bertz CT molecular complexity index is 440. The average Bonchev–Trinajstić information content (AvgIpc) is 2.41. The molecule has 0 radical (unpaired) electrons. The predicted octanol–water partition coefficient (Wildman–Crippen LogP) is 2.03. The molecule has 0 unspecified atom stereocenters. The number of methoxy groups -OCH3 is 1. The number of rotatable bonds is 4. The summed E-state index contributed by atoms with van der Waals surface area (Å²) in [4.78, 5) is 4.32. The van der Waals surface area contributed by atoms with E-state index in [2.05, 4.69) is 15.6 Å². The third-order valence-corrected chi connectivity index (χ3v) is 2.77. The molecule has 0 aromatic heterocycles. The van der Waals surface area contributed by atoms with Crippen molar-refractivity contribution in [1.82, 2.24) is 10.6 Å². The van der Waals surface area contributed by atoms with Gasteiger partial charge < -0.3 is 15.4 Å². The topological polar surface area (TPSA) is 45.6 Å². The fraction of sp³-hybridized carbons (Fsp3) is 0.462. The van der Waals surface area contributed by atoms with Crippen molar-refractivity contribution in [2.75, 3.05) is 20.2 Å². The molecule has 0 aliphatic carbocycles. The van der Waals surface area contributed by atoms with E-state index in [-0.39, 0.29) is 29.8 Å². The number of nitrogens with zero attached hydrogens (tertiary/aromatic N) is 1. The SMILES string of the molecule is COCc1cc(CNC2=NCCCN2)ccc1F.I. The van der Waals surface area contributed by atoms with Gasteiger partial charge in [0.05, 0.1) is 6.61 Å². The number of halogens is 2. The Balaban J connectivity index is 0.00000180. The van der Waals surface area contributed by atoms with E-state index in [4.69, 9.17) is 4.74 Å². The summed E-state index contributed by atoms with van der Waals surface area (Å²) in [7, 11) is 1.56. The normalized spacial score (nSPS) is 14.1.